The Bertz CT molecular complexity index is 816. The molecule has 0 atom stereocenters. The van der Waals surface area contributed by atoms with Gasteiger partial charge in [0.15, 0.2) is 6.61 Å². The second-order valence-corrected chi connectivity index (χ2v) is 6.16. The zero-order valence-electron chi connectivity index (χ0n) is 12.8. The fraction of sp³-hybridized carbons (Fsp3) is 0.235. The normalized spacial score (nSPS) is 10.7. The maximum absolute atomic E-state index is 11.9. The Labute approximate surface area is 138 Å². The van der Waals surface area contributed by atoms with E-state index in [9.17, 15) is 4.79 Å². The van der Waals surface area contributed by atoms with Crippen molar-refractivity contribution in [2.45, 2.75) is 19.8 Å². The fourth-order valence-electron chi connectivity index (χ4n) is 2.18. The highest BCUT2D eigenvalue weighted by molar-refractivity contribution is 7.15. The first-order valence-electron chi connectivity index (χ1n) is 7.48. The van der Waals surface area contributed by atoms with Gasteiger partial charge >= 0.3 is 0 Å². The molecule has 118 valence electrons. The lowest BCUT2D eigenvalue weighted by atomic mass is 10.1. The number of hydrogen-bond acceptors (Lipinski definition) is 5. The maximum atomic E-state index is 11.9. The van der Waals surface area contributed by atoms with Gasteiger partial charge in [0.1, 0.15) is 10.8 Å². The molecule has 3 rings (SSSR count). The van der Waals surface area contributed by atoms with Crippen LogP contribution in [0.2, 0.25) is 0 Å². The molecule has 0 aliphatic rings. The number of nitrogens with zero attached hydrogens (tertiary/aromatic N) is 2. The number of aromatic nitrogens is 2. The van der Waals surface area contributed by atoms with Crippen LogP contribution in [0.4, 0.5) is 5.13 Å². The van der Waals surface area contributed by atoms with Gasteiger partial charge in [-0.3, -0.25) is 10.1 Å². The minimum absolute atomic E-state index is 0.0545. The maximum Gasteiger partial charge on any atom is 0.264 e. The first-order chi connectivity index (χ1) is 11.2. The van der Waals surface area contributed by atoms with E-state index in [-0.39, 0.29) is 12.5 Å². The zero-order chi connectivity index (χ0) is 16.1. The van der Waals surface area contributed by atoms with E-state index in [4.69, 9.17) is 4.74 Å². The van der Waals surface area contributed by atoms with Gasteiger partial charge in [0.25, 0.3) is 5.91 Å². The number of carbonyl (C=O) groups is 1. The highest BCUT2D eigenvalue weighted by atomic mass is 32.1. The average molecular weight is 327 g/mol. The number of hydrogen-bond donors (Lipinski definition) is 1. The van der Waals surface area contributed by atoms with Gasteiger partial charge in [-0.15, -0.1) is 10.2 Å². The summed E-state index contributed by atoms with van der Waals surface area (Å²) in [6.45, 7) is 2.03. The Morgan fingerprint density at radius 2 is 2.00 bits per heavy atom. The van der Waals surface area contributed by atoms with E-state index in [1.165, 1.54) is 11.3 Å². The standard InChI is InChI=1S/C17H17N3O2S/c1-2-5-16-19-20-17(23-16)18-15(21)11-22-14-9-8-12-6-3-4-7-13(12)10-14/h3-4,6-10H,2,5,11H2,1H3,(H,18,20,21). The number of fused-ring (bicyclic) bond motifs is 1. The number of aryl methyl sites for hydroxylation is 1. The lowest BCUT2D eigenvalue weighted by Gasteiger charge is -2.06. The Morgan fingerprint density at radius 3 is 2.83 bits per heavy atom. The van der Waals surface area contributed by atoms with Crippen LogP contribution in [0.5, 0.6) is 5.75 Å². The summed E-state index contributed by atoms with van der Waals surface area (Å²) in [5, 5.41) is 14.4. The number of ether oxygens (including phenoxy) is 1. The molecule has 1 amide bonds. The fourth-order valence-corrected chi connectivity index (χ4v) is 3.04. The van der Waals surface area contributed by atoms with Crippen LogP contribution in [0, 0.1) is 0 Å². The predicted molar refractivity (Wildman–Crippen MR) is 92.0 cm³/mol. The van der Waals surface area contributed by atoms with E-state index in [1.807, 2.05) is 42.5 Å². The van der Waals surface area contributed by atoms with Crippen molar-refractivity contribution >= 4 is 33.1 Å². The van der Waals surface area contributed by atoms with Crippen molar-refractivity contribution in [2.75, 3.05) is 11.9 Å². The second-order valence-electron chi connectivity index (χ2n) is 5.10. The molecule has 6 heteroatoms. The van der Waals surface area contributed by atoms with Crippen molar-refractivity contribution in [1.29, 1.82) is 0 Å². The molecule has 0 aliphatic heterocycles. The largest absolute Gasteiger partial charge is 0.484 e. The summed E-state index contributed by atoms with van der Waals surface area (Å²) in [5.41, 5.74) is 0. The number of rotatable bonds is 6. The van der Waals surface area contributed by atoms with Gasteiger partial charge < -0.3 is 4.74 Å². The summed E-state index contributed by atoms with van der Waals surface area (Å²) in [5.74, 6) is 0.431. The molecule has 0 saturated carbocycles. The molecule has 1 N–H and O–H groups in total. The summed E-state index contributed by atoms with van der Waals surface area (Å²) >= 11 is 1.40. The van der Waals surface area contributed by atoms with Crippen molar-refractivity contribution in [3.63, 3.8) is 0 Å². The van der Waals surface area contributed by atoms with E-state index in [0.717, 1.165) is 28.6 Å². The second kappa shape index (κ2) is 7.19. The number of benzene rings is 2. The summed E-state index contributed by atoms with van der Waals surface area (Å²) in [6, 6.07) is 13.8. The van der Waals surface area contributed by atoms with Gasteiger partial charge in [0.2, 0.25) is 5.13 Å². The summed E-state index contributed by atoms with van der Waals surface area (Å²) in [4.78, 5) is 11.9. The number of anilines is 1. The third-order valence-corrected chi connectivity index (χ3v) is 4.17. The van der Waals surface area contributed by atoms with Crippen LogP contribution in [0.25, 0.3) is 10.8 Å². The molecule has 0 spiro atoms. The Morgan fingerprint density at radius 1 is 1.17 bits per heavy atom. The van der Waals surface area contributed by atoms with Gasteiger partial charge in [0, 0.05) is 6.42 Å². The zero-order valence-corrected chi connectivity index (χ0v) is 13.6. The summed E-state index contributed by atoms with van der Waals surface area (Å²) in [7, 11) is 0. The average Bonchev–Trinajstić information content (AvgIpc) is 3.00. The molecule has 23 heavy (non-hydrogen) atoms. The van der Waals surface area contributed by atoms with E-state index in [2.05, 4.69) is 22.4 Å². The molecule has 0 fully saturated rings. The Hall–Kier alpha value is -2.47. The molecule has 1 aromatic heterocycles. The van der Waals surface area contributed by atoms with Crippen molar-refractivity contribution in [3.05, 3.63) is 47.5 Å². The number of amides is 1. The van der Waals surface area contributed by atoms with Crippen molar-refractivity contribution in [2.24, 2.45) is 0 Å². The molecule has 5 nitrogen and oxygen atoms in total. The third kappa shape index (κ3) is 4.04. The first kappa shape index (κ1) is 15.4. The van der Waals surface area contributed by atoms with E-state index in [0.29, 0.717) is 10.9 Å². The number of nitrogens with one attached hydrogen (secondary N) is 1. The highest BCUT2D eigenvalue weighted by Gasteiger charge is 2.08. The summed E-state index contributed by atoms with van der Waals surface area (Å²) < 4.78 is 5.55. The van der Waals surface area contributed by atoms with Crippen LogP contribution in [0.15, 0.2) is 42.5 Å². The molecule has 0 unspecified atom stereocenters. The molecular formula is C17H17N3O2S. The molecular weight excluding hydrogens is 310 g/mol. The molecule has 0 bridgehead atoms. The molecule has 3 aromatic rings. The van der Waals surface area contributed by atoms with Crippen LogP contribution in [0.3, 0.4) is 0 Å². The monoisotopic (exact) mass is 327 g/mol. The van der Waals surface area contributed by atoms with Gasteiger partial charge in [-0.1, -0.05) is 48.6 Å². The smallest absolute Gasteiger partial charge is 0.264 e. The van der Waals surface area contributed by atoms with Gasteiger partial charge in [-0.05, 0) is 29.3 Å². The minimum atomic E-state index is -0.239. The van der Waals surface area contributed by atoms with E-state index >= 15 is 0 Å². The van der Waals surface area contributed by atoms with Gasteiger partial charge in [-0.25, -0.2) is 0 Å². The van der Waals surface area contributed by atoms with Gasteiger partial charge in [0.05, 0.1) is 0 Å². The van der Waals surface area contributed by atoms with E-state index < -0.39 is 0 Å². The summed E-state index contributed by atoms with van der Waals surface area (Å²) in [6.07, 6.45) is 1.88. The van der Waals surface area contributed by atoms with Crippen LogP contribution in [-0.4, -0.2) is 22.7 Å². The van der Waals surface area contributed by atoms with Crippen LogP contribution in [0.1, 0.15) is 18.4 Å². The van der Waals surface area contributed by atoms with Crippen molar-refractivity contribution in [1.82, 2.24) is 10.2 Å². The highest BCUT2D eigenvalue weighted by Crippen LogP contribution is 2.21. The predicted octanol–water partition coefficient (Wildman–Crippen LogP) is 3.66. The van der Waals surface area contributed by atoms with Crippen molar-refractivity contribution in [3.8, 4) is 5.75 Å². The van der Waals surface area contributed by atoms with Crippen LogP contribution in [-0.2, 0) is 11.2 Å². The van der Waals surface area contributed by atoms with Crippen LogP contribution >= 0.6 is 11.3 Å². The van der Waals surface area contributed by atoms with Crippen LogP contribution < -0.4 is 10.1 Å². The quantitative estimate of drug-likeness (QED) is 0.750. The molecule has 2 aromatic carbocycles. The van der Waals surface area contributed by atoms with Crippen molar-refractivity contribution < 1.29 is 9.53 Å². The molecule has 1 heterocycles. The minimum Gasteiger partial charge on any atom is -0.484 e. The Kier molecular flexibility index (Phi) is 4.83. The SMILES string of the molecule is CCCc1nnc(NC(=O)COc2ccc3ccccc3c2)s1. The molecule has 0 radical (unpaired) electrons. The third-order valence-electron chi connectivity index (χ3n) is 3.27. The molecule has 0 saturated heterocycles. The van der Waals surface area contributed by atoms with E-state index in [1.54, 1.807) is 0 Å². The first-order valence-corrected chi connectivity index (χ1v) is 8.30. The number of carbonyl (C=O) groups excluding carboxylic acids is 1. The lowest BCUT2D eigenvalue weighted by molar-refractivity contribution is -0.118. The Balaban J connectivity index is 1.56. The van der Waals surface area contributed by atoms with Gasteiger partial charge in [-0.2, -0.15) is 0 Å². The molecule has 0 aliphatic carbocycles. The lowest BCUT2D eigenvalue weighted by Crippen LogP contribution is -2.20. The topological polar surface area (TPSA) is 64.1 Å².